The molecular weight excluding hydrogens is 266 g/mol. The lowest BCUT2D eigenvalue weighted by molar-refractivity contribution is 0.139. The van der Waals surface area contributed by atoms with E-state index in [1.807, 2.05) is 48.0 Å². The van der Waals surface area contributed by atoms with E-state index in [1.54, 1.807) is 0 Å². The first-order valence-electron chi connectivity index (χ1n) is 7.17. The highest BCUT2D eigenvalue weighted by Gasteiger charge is 2.06. The van der Waals surface area contributed by atoms with Crippen LogP contribution in [0.1, 0.15) is 23.9 Å². The summed E-state index contributed by atoms with van der Waals surface area (Å²) in [6.45, 7) is 5.69. The van der Waals surface area contributed by atoms with Crippen molar-refractivity contribution in [2.24, 2.45) is 0 Å². The first kappa shape index (κ1) is 15.1. The smallest absolute Gasteiger partial charge is 0.407 e. The Kier molecular flexibility index (Phi) is 5.37. The molecule has 1 N–H and O–H groups in total. The molecule has 1 amide bonds. The summed E-state index contributed by atoms with van der Waals surface area (Å²) < 4.78 is 7.11. The van der Waals surface area contributed by atoms with Gasteiger partial charge in [0.1, 0.15) is 6.61 Å². The summed E-state index contributed by atoms with van der Waals surface area (Å²) in [5.41, 5.74) is 3.10. The summed E-state index contributed by atoms with van der Waals surface area (Å²) in [5, 5.41) is 7.14. The average molecular weight is 287 g/mol. The van der Waals surface area contributed by atoms with Crippen LogP contribution in [0.25, 0.3) is 0 Å². The minimum Gasteiger partial charge on any atom is -0.445 e. The van der Waals surface area contributed by atoms with Crippen LogP contribution >= 0.6 is 0 Å². The number of benzene rings is 1. The standard InChI is InChI=1S/C16H21N3O2/c1-3-19-15(11-13(2)18-19)9-10-17-16(20)21-12-14-7-5-4-6-8-14/h4-8,11H,3,9-10,12H2,1-2H3,(H,17,20). The number of amides is 1. The topological polar surface area (TPSA) is 56.2 Å². The molecule has 1 heterocycles. The molecule has 2 rings (SSSR count). The number of aryl methyl sites for hydroxylation is 2. The Labute approximate surface area is 124 Å². The molecule has 0 atom stereocenters. The Balaban J connectivity index is 1.72. The van der Waals surface area contributed by atoms with E-state index >= 15 is 0 Å². The van der Waals surface area contributed by atoms with Gasteiger partial charge in [0.2, 0.25) is 0 Å². The van der Waals surface area contributed by atoms with Gasteiger partial charge in [0.05, 0.1) is 5.69 Å². The fourth-order valence-corrected chi connectivity index (χ4v) is 2.14. The lowest BCUT2D eigenvalue weighted by Gasteiger charge is -2.08. The molecule has 0 fully saturated rings. The number of carbonyl (C=O) groups is 1. The van der Waals surface area contributed by atoms with Crippen molar-refractivity contribution >= 4 is 6.09 Å². The zero-order chi connectivity index (χ0) is 15.1. The largest absolute Gasteiger partial charge is 0.445 e. The summed E-state index contributed by atoms with van der Waals surface area (Å²) in [6.07, 6.45) is 0.355. The average Bonchev–Trinajstić information content (AvgIpc) is 2.86. The van der Waals surface area contributed by atoms with Gasteiger partial charge in [0.15, 0.2) is 0 Å². The van der Waals surface area contributed by atoms with Crippen LogP contribution in [0.15, 0.2) is 36.4 Å². The Bertz CT molecular complexity index is 578. The zero-order valence-electron chi connectivity index (χ0n) is 12.5. The molecule has 2 aromatic rings. The quantitative estimate of drug-likeness (QED) is 0.888. The molecule has 5 nitrogen and oxygen atoms in total. The summed E-state index contributed by atoms with van der Waals surface area (Å²) in [5.74, 6) is 0. The van der Waals surface area contributed by atoms with Gasteiger partial charge >= 0.3 is 6.09 Å². The first-order chi connectivity index (χ1) is 10.2. The number of nitrogens with zero attached hydrogens (tertiary/aromatic N) is 2. The Morgan fingerprint density at radius 3 is 2.81 bits per heavy atom. The summed E-state index contributed by atoms with van der Waals surface area (Å²) in [6, 6.07) is 11.7. The lowest BCUT2D eigenvalue weighted by atomic mass is 10.2. The zero-order valence-corrected chi connectivity index (χ0v) is 12.5. The number of aromatic nitrogens is 2. The third-order valence-electron chi connectivity index (χ3n) is 3.15. The second-order valence-electron chi connectivity index (χ2n) is 4.83. The minimum absolute atomic E-state index is 0.290. The fourth-order valence-electron chi connectivity index (χ4n) is 2.14. The van der Waals surface area contributed by atoms with E-state index in [0.717, 1.165) is 29.9 Å². The van der Waals surface area contributed by atoms with Crippen molar-refractivity contribution in [2.75, 3.05) is 6.54 Å². The van der Waals surface area contributed by atoms with E-state index in [0.29, 0.717) is 13.2 Å². The number of hydrogen-bond acceptors (Lipinski definition) is 3. The van der Waals surface area contributed by atoms with Crippen LogP contribution < -0.4 is 5.32 Å². The molecule has 0 aliphatic heterocycles. The first-order valence-corrected chi connectivity index (χ1v) is 7.17. The predicted molar refractivity (Wildman–Crippen MR) is 81.0 cm³/mol. The van der Waals surface area contributed by atoms with Crippen LogP contribution in [0.3, 0.4) is 0 Å². The number of ether oxygens (including phenoxy) is 1. The van der Waals surface area contributed by atoms with Crippen molar-refractivity contribution in [2.45, 2.75) is 33.4 Å². The molecule has 0 aliphatic rings. The Morgan fingerprint density at radius 1 is 1.33 bits per heavy atom. The van der Waals surface area contributed by atoms with Crippen molar-refractivity contribution in [3.8, 4) is 0 Å². The monoisotopic (exact) mass is 287 g/mol. The van der Waals surface area contributed by atoms with Crippen molar-refractivity contribution in [3.63, 3.8) is 0 Å². The minimum atomic E-state index is -0.391. The van der Waals surface area contributed by atoms with E-state index in [-0.39, 0.29) is 0 Å². The van der Waals surface area contributed by atoms with Gasteiger partial charge in [-0.05, 0) is 25.5 Å². The molecule has 0 bridgehead atoms. The number of nitrogens with one attached hydrogen (secondary N) is 1. The highest BCUT2D eigenvalue weighted by molar-refractivity contribution is 5.67. The predicted octanol–water partition coefficient (Wildman–Crippen LogP) is 2.68. The molecule has 0 spiro atoms. The van der Waals surface area contributed by atoms with E-state index in [9.17, 15) is 4.79 Å². The molecule has 5 heteroatoms. The second-order valence-corrected chi connectivity index (χ2v) is 4.83. The van der Waals surface area contributed by atoms with Gasteiger partial charge < -0.3 is 10.1 Å². The molecule has 0 aliphatic carbocycles. The molecule has 1 aromatic heterocycles. The summed E-state index contributed by atoms with van der Waals surface area (Å²) in [4.78, 5) is 11.6. The molecule has 21 heavy (non-hydrogen) atoms. The molecule has 0 saturated heterocycles. The van der Waals surface area contributed by atoms with Crippen molar-refractivity contribution in [1.29, 1.82) is 0 Å². The van der Waals surface area contributed by atoms with Gasteiger partial charge in [-0.3, -0.25) is 4.68 Å². The van der Waals surface area contributed by atoms with Crippen molar-refractivity contribution in [3.05, 3.63) is 53.3 Å². The number of alkyl carbamates (subject to hydrolysis) is 1. The Hall–Kier alpha value is -2.30. The maximum atomic E-state index is 11.6. The van der Waals surface area contributed by atoms with Crippen LogP contribution in [0.4, 0.5) is 4.79 Å². The molecule has 112 valence electrons. The van der Waals surface area contributed by atoms with E-state index in [2.05, 4.69) is 17.3 Å². The third kappa shape index (κ3) is 4.63. The highest BCUT2D eigenvalue weighted by Crippen LogP contribution is 2.04. The lowest BCUT2D eigenvalue weighted by Crippen LogP contribution is -2.27. The summed E-state index contributed by atoms with van der Waals surface area (Å²) in [7, 11) is 0. The van der Waals surface area contributed by atoms with Gasteiger partial charge in [-0.15, -0.1) is 0 Å². The maximum Gasteiger partial charge on any atom is 0.407 e. The SMILES string of the molecule is CCn1nc(C)cc1CCNC(=O)OCc1ccccc1. The van der Waals surface area contributed by atoms with Crippen molar-refractivity contribution in [1.82, 2.24) is 15.1 Å². The summed E-state index contributed by atoms with van der Waals surface area (Å²) >= 11 is 0. The van der Waals surface area contributed by atoms with E-state index < -0.39 is 6.09 Å². The normalized spacial score (nSPS) is 10.4. The molecule has 1 aromatic carbocycles. The number of hydrogen-bond donors (Lipinski definition) is 1. The third-order valence-corrected chi connectivity index (χ3v) is 3.15. The van der Waals surface area contributed by atoms with Gasteiger partial charge in [0, 0.05) is 25.2 Å². The van der Waals surface area contributed by atoms with Crippen molar-refractivity contribution < 1.29 is 9.53 Å². The van der Waals surface area contributed by atoms with Gasteiger partial charge in [-0.25, -0.2) is 4.79 Å². The number of carbonyl (C=O) groups excluding carboxylic acids is 1. The van der Waals surface area contributed by atoms with Gasteiger partial charge in [-0.1, -0.05) is 30.3 Å². The van der Waals surface area contributed by atoms with Crippen LogP contribution in [0.5, 0.6) is 0 Å². The number of rotatable bonds is 6. The van der Waals surface area contributed by atoms with Crippen LogP contribution in [-0.4, -0.2) is 22.4 Å². The van der Waals surface area contributed by atoms with Crippen LogP contribution in [0, 0.1) is 6.92 Å². The fraction of sp³-hybridized carbons (Fsp3) is 0.375. The molecular formula is C16H21N3O2. The second kappa shape index (κ2) is 7.47. The highest BCUT2D eigenvalue weighted by atomic mass is 16.5. The van der Waals surface area contributed by atoms with Gasteiger partial charge in [-0.2, -0.15) is 5.10 Å². The van der Waals surface area contributed by atoms with Crippen LogP contribution in [-0.2, 0) is 24.3 Å². The maximum absolute atomic E-state index is 11.6. The van der Waals surface area contributed by atoms with Crippen LogP contribution in [0.2, 0.25) is 0 Å². The van der Waals surface area contributed by atoms with E-state index in [1.165, 1.54) is 0 Å². The molecule has 0 unspecified atom stereocenters. The van der Waals surface area contributed by atoms with E-state index in [4.69, 9.17) is 4.74 Å². The molecule has 0 saturated carbocycles. The van der Waals surface area contributed by atoms with Gasteiger partial charge in [0.25, 0.3) is 0 Å². The molecule has 0 radical (unpaired) electrons. The Morgan fingerprint density at radius 2 is 2.10 bits per heavy atom.